The molecule has 0 N–H and O–H groups in total. The molecule has 0 saturated carbocycles. The van der Waals surface area contributed by atoms with Crippen LogP contribution in [0.5, 0.6) is 0 Å². The number of piperidine rings is 1. The minimum absolute atomic E-state index is 0.102. The highest BCUT2D eigenvalue weighted by Crippen LogP contribution is 2.32. The van der Waals surface area contributed by atoms with Crippen LogP contribution in [0, 0.1) is 19.7 Å². The summed E-state index contributed by atoms with van der Waals surface area (Å²) in [6.07, 6.45) is -1.40. The molecule has 1 aromatic carbocycles. The van der Waals surface area contributed by atoms with Gasteiger partial charge in [0.25, 0.3) is 5.56 Å². The van der Waals surface area contributed by atoms with E-state index in [9.17, 15) is 27.2 Å². The number of hydrogen-bond donors (Lipinski definition) is 0. The second-order valence-electron chi connectivity index (χ2n) is 9.35. The largest absolute Gasteiger partial charge is 0.418 e. The van der Waals surface area contributed by atoms with Gasteiger partial charge in [0.05, 0.1) is 29.2 Å². The first-order chi connectivity index (χ1) is 18.1. The molecule has 1 aliphatic heterocycles. The molecule has 38 heavy (non-hydrogen) atoms. The van der Waals surface area contributed by atoms with Crippen molar-refractivity contribution in [2.75, 3.05) is 18.0 Å². The molecule has 1 aliphatic rings. The number of aromatic nitrogens is 5. The molecule has 4 heterocycles. The van der Waals surface area contributed by atoms with Crippen LogP contribution in [0.2, 0.25) is 0 Å². The summed E-state index contributed by atoms with van der Waals surface area (Å²) >= 11 is 0. The Morgan fingerprint density at radius 2 is 1.76 bits per heavy atom. The van der Waals surface area contributed by atoms with Gasteiger partial charge in [-0.25, -0.2) is 19.2 Å². The molecule has 12 heteroatoms. The van der Waals surface area contributed by atoms with Crippen LogP contribution >= 0.6 is 0 Å². The van der Waals surface area contributed by atoms with Gasteiger partial charge >= 0.3 is 11.9 Å². The number of fused-ring (bicyclic) bond motifs is 1. The Bertz CT molecular complexity index is 1620. The van der Waals surface area contributed by atoms with Crippen LogP contribution in [0.3, 0.4) is 0 Å². The van der Waals surface area contributed by atoms with E-state index in [0.717, 1.165) is 20.8 Å². The Kier molecular flexibility index (Phi) is 6.49. The van der Waals surface area contributed by atoms with Crippen molar-refractivity contribution in [2.45, 2.75) is 45.5 Å². The van der Waals surface area contributed by atoms with Gasteiger partial charge in [0.15, 0.2) is 11.2 Å². The summed E-state index contributed by atoms with van der Waals surface area (Å²) in [6.45, 7) is 3.64. The lowest BCUT2D eigenvalue weighted by Crippen LogP contribution is -2.46. The molecular formula is C26H24F4N6O2. The van der Waals surface area contributed by atoms with Gasteiger partial charge in [-0.1, -0.05) is 12.1 Å². The van der Waals surface area contributed by atoms with Crippen LogP contribution in [0.15, 0.2) is 52.3 Å². The summed E-state index contributed by atoms with van der Waals surface area (Å²) < 4.78 is 57.6. The number of alkyl halides is 3. The molecule has 5 rings (SSSR count). The Labute approximate surface area is 214 Å². The zero-order valence-corrected chi connectivity index (χ0v) is 20.7. The molecule has 0 spiro atoms. The Morgan fingerprint density at radius 1 is 1.03 bits per heavy atom. The Morgan fingerprint density at radius 3 is 2.45 bits per heavy atom. The van der Waals surface area contributed by atoms with E-state index in [1.165, 1.54) is 24.5 Å². The first kappa shape index (κ1) is 25.6. The molecule has 0 amide bonds. The van der Waals surface area contributed by atoms with Crippen molar-refractivity contribution in [1.29, 1.82) is 0 Å². The Balaban J connectivity index is 1.58. The number of benzene rings is 1. The van der Waals surface area contributed by atoms with Gasteiger partial charge in [-0.3, -0.25) is 18.9 Å². The lowest BCUT2D eigenvalue weighted by atomic mass is 10.0. The first-order valence-electron chi connectivity index (χ1n) is 12.1. The fraction of sp³-hybridized carbons (Fsp3) is 0.346. The SMILES string of the molecule is Cc1cnc2c(=O)n(C3CCN(c4c(C)cccc4F)CC3)c(=O)n(Cc3ncccc3C(F)(F)F)c2n1. The molecule has 3 aromatic heterocycles. The standard InChI is InChI=1S/C26H24F4N6O2/c1-15-5-3-7-19(27)22(15)34-11-8-17(9-12-34)36-24(37)21-23(33-16(2)13-32-21)35(25(36)38)14-20-18(26(28,29)30)6-4-10-31-20/h3-7,10,13,17H,8-9,11-12,14H2,1-2H3. The van der Waals surface area contributed by atoms with Gasteiger partial charge in [0.1, 0.15) is 5.82 Å². The fourth-order valence-corrected chi connectivity index (χ4v) is 5.03. The summed E-state index contributed by atoms with van der Waals surface area (Å²) in [7, 11) is 0. The van der Waals surface area contributed by atoms with Gasteiger partial charge in [-0.2, -0.15) is 13.2 Å². The molecular weight excluding hydrogens is 504 g/mol. The average Bonchev–Trinajstić information content (AvgIpc) is 2.87. The topological polar surface area (TPSA) is 85.9 Å². The molecule has 0 radical (unpaired) electrons. The van der Waals surface area contributed by atoms with Gasteiger partial charge in [0.2, 0.25) is 0 Å². The summed E-state index contributed by atoms with van der Waals surface area (Å²) in [5, 5.41) is 0. The maximum atomic E-state index is 14.5. The lowest BCUT2D eigenvalue weighted by Gasteiger charge is -2.35. The summed E-state index contributed by atoms with van der Waals surface area (Å²) in [6, 6.07) is 6.33. The number of hydrogen-bond acceptors (Lipinski definition) is 6. The molecule has 8 nitrogen and oxygen atoms in total. The molecule has 1 saturated heterocycles. The van der Waals surface area contributed by atoms with Crippen molar-refractivity contribution in [1.82, 2.24) is 24.1 Å². The first-order valence-corrected chi connectivity index (χ1v) is 12.1. The van der Waals surface area contributed by atoms with Crippen molar-refractivity contribution in [3.8, 4) is 0 Å². The van der Waals surface area contributed by atoms with Crippen molar-refractivity contribution < 1.29 is 17.6 Å². The Hall–Kier alpha value is -4.09. The third-order valence-electron chi connectivity index (χ3n) is 6.83. The highest BCUT2D eigenvalue weighted by molar-refractivity contribution is 5.68. The molecule has 0 unspecified atom stereocenters. The molecule has 0 bridgehead atoms. The van der Waals surface area contributed by atoms with Crippen LogP contribution in [0.4, 0.5) is 23.2 Å². The number of halogens is 4. The maximum Gasteiger partial charge on any atom is 0.418 e. The van der Waals surface area contributed by atoms with Crippen LogP contribution in [-0.2, 0) is 12.7 Å². The highest BCUT2D eigenvalue weighted by Gasteiger charge is 2.34. The zero-order chi connectivity index (χ0) is 27.2. The molecule has 0 aliphatic carbocycles. The highest BCUT2D eigenvalue weighted by atomic mass is 19.4. The zero-order valence-electron chi connectivity index (χ0n) is 20.7. The third kappa shape index (κ3) is 4.54. The number of anilines is 1. The minimum Gasteiger partial charge on any atom is -0.369 e. The normalized spacial score (nSPS) is 14.8. The molecule has 198 valence electrons. The van der Waals surface area contributed by atoms with E-state index >= 15 is 0 Å². The molecule has 1 fully saturated rings. The summed E-state index contributed by atoms with van der Waals surface area (Å²) in [4.78, 5) is 41.3. The number of para-hydroxylation sites is 1. The number of nitrogens with zero attached hydrogens (tertiary/aromatic N) is 6. The second kappa shape index (κ2) is 9.66. The van der Waals surface area contributed by atoms with E-state index in [1.54, 1.807) is 13.0 Å². The van der Waals surface area contributed by atoms with Gasteiger partial charge in [-0.15, -0.1) is 0 Å². The summed E-state index contributed by atoms with van der Waals surface area (Å²) in [5.41, 5.74) is -1.38. The van der Waals surface area contributed by atoms with Gasteiger partial charge in [-0.05, 0) is 50.5 Å². The average molecular weight is 529 g/mol. The smallest absolute Gasteiger partial charge is 0.369 e. The third-order valence-corrected chi connectivity index (χ3v) is 6.83. The van der Waals surface area contributed by atoms with E-state index in [2.05, 4.69) is 15.0 Å². The lowest BCUT2D eigenvalue weighted by molar-refractivity contribution is -0.138. The second-order valence-corrected chi connectivity index (χ2v) is 9.35. The van der Waals surface area contributed by atoms with E-state index in [4.69, 9.17) is 0 Å². The van der Waals surface area contributed by atoms with Crippen molar-refractivity contribution >= 4 is 16.9 Å². The van der Waals surface area contributed by atoms with Gasteiger partial charge in [0, 0.05) is 31.5 Å². The predicted octanol–water partition coefficient (Wildman–Crippen LogP) is 4.01. The predicted molar refractivity (Wildman–Crippen MR) is 133 cm³/mol. The monoisotopic (exact) mass is 528 g/mol. The fourth-order valence-electron chi connectivity index (χ4n) is 5.03. The number of pyridine rings is 1. The van der Waals surface area contributed by atoms with E-state index < -0.39 is 35.6 Å². The maximum absolute atomic E-state index is 14.5. The molecule has 0 atom stereocenters. The quantitative estimate of drug-likeness (QED) is 0.372. The van der Waals surface area contributed by atoms with Crippen LogP contribution in [0.25, 0.3) is 11.2 Å². The van der Waals surface area contributed by atoms with Crippen molar-refractivity contribution in [2.24, 2.45) is 0 Å². The van der Waals surface area contributed by atoms with Crippen LogP contribution in [-0.4, -0.2) is 37.2 Å². The van der Waals surface area contributed by atoms with Crippen LogP contribution in [0.1, 0.15) is 41.4 Å². The van der Waals surface area contributed by atoms with Crippen molar-refractivity contribution in [3.63, 3.8) is 0 Å². The van der Waals surface area contributed by atoms with E-state index in [1.807, 2.05) is 17.9 Å². The van der Waals surface area contributed by atoms with Gasteiger partial charge < -0.3 is 4.90 Å². The van der Waals surface area contributed by atoms with E-state index in [0.29, 0.717) is 37.3 Å². The number of aryl methyl sites for hydroxylation is 2. The summed E-state index contributed by atoms with van der Waals surface area (Å²) in [5.74, 6) is -0.352. The van der Waals surface area contributed by atoms with E-state index in [-0.39, 0.29) is 22.7 Å². The van der Waals surface area contributed by atoms with Crippen molar-refractivity contribution in [3.05, 3.63) is 91.9 Å². The molecule has 4 aromatic rings. The minimum atomic E-state index is -4.68. The van der Waals surface area contributed by atoms with Crippen LogP contribution < -0.4 is 16.1 Å². The number of rotatable bonds is 4.